The number of nitrogens with zero attached hydrogens (tertiary/aromatic N) is 2. The molecule has 1 aliphatic rings. The number of aliphatic hydroxyl groups is 1. The quantitative estimate of drug-likeness (QED) is 0.753. The van der Waals surface area contributed by atoms with Crippen molar-refractivity contribution in [3.63, 3.8) is 0 Å². The lowest BCUT2D eigenvalue weighted by Gasteiger charge is -2.37. The summed E-state index contributed by atoms with van der Waals surface area (Å²) in [6.07, 6.45) is -0.487. The number of β-amino-alcohol motifs (C(OH)–C–C–N with tert-alkyl or cyclic N) is 1. The summed E-state index contributed by atoms with van der Waals surface area (Å²) in [4.78, 5) is 16.9. The zero-order valence-electron chi connectivity index (χ0n) is 16.9. The normalized spacial score (nSPS) is 19.5. The maximum absolute atomic E-state index is 13.5. The molecule has 0 aromatic heterocycles. The van der Waals surface area contributed by atoms with Crippen molar-refractivity contribution < 1.29 is 19.0 Å². The Morgan fingerprint density at radius 2 is 2.11 bits per heavy atom. The van der Waals surface area contributed by atoms with Gasteiger partial charge in [-0.3, -0.25) is 9.69 Å². The first-order chi connectivity index (χ1) is 12.8. The maximum atomic E-state index is 13.5. The second-order valence-corrected chi connectivity index (χ2v) is 8.18. The van der Waals surface area contributed by atoms with Gasteiger partial charge in [0.05, 0.1) is 18.8 Å². The zero-order valence-corrected chi connectivity index (χ0v) is 16.9. The predicted molar refractivity (Wildman–Crippen MR) is 104 cm³/mol. The highest BCUT2D eigenvalue weighted by atomic mass is 19.1. The Labute approximate surface area is 162 Å². The molecule has 27 heavy (non-hydrogen) atoms. The molecule has 2 rings (SSSR count). The fourth-order valence-corrected chi connectivity index (χ4v) is 3.26. The average Bonchev–Trinajstić information content (AvgIpc) is 2.60. The highest BCUT2D eigenvalue weighted by molar-refractivity contribution is 5.94. The highest BCUT2D eigenvalue weighted by Crippen LogP contribution is 2.14. The van der Waals surface area contributed by atoms with E-state index < -0.39 is 5.82 Å². The number of rotatable bonds is 8. The third-order valence-electron chi connectivity index (χ3n) is 4.81. The van der Waals surface area contributed by atoms with Crippen LogP contribution >= 0.6 is 0 Å². The van der Waals surface area contributed by atoms with Gasteiger partial charge in [-0.25, -0.2) is 4.39 Å². The van der Waals surface area contributed by atoms with Crippen molar-refractivity contribution in [3.8, 4) is 0 Å². The number of hydrogen-bond acceptors (Lipinski definition) is 4. The van der Waals surface area contributed by atoms with Gasteiger partial charge in [-0.05, 0) is 30.0 Å². The summed E-state index contributed by atoms with van der Waals surface area (Å²) in [7, 11) is 0. The van der Waals surface area contributed by atoms with E-state index in [9.17, 15) is 14.3 Å². The Balaban J connectivity index is 2.03. The SMILES string of the molecule is CC(C)CN(C[C@H]1CN(C[C@@H](O)C(C)C)CCO1)C(=O)c1cccc(F)c1. The van der Waals surface area contributed by atoms with Crippen LogP contribution in [0.5, 0.6) is 0 Å². The summed E-state index contributed by atoms with van der Waals surface area (Å²) in [5.74, 6) is -0.0810. The molecule has 1 N–H and O–H groups in total. The number of amides is 1. The van der Waals surface area contributed by atoms with Crippen molar-refractivity contribution in [1.29, 1.82) is 0 Å². The molecule has 1 fully saturated rings. The number of hydrogen-bond donors (Lipinski definition) is 1. The summed E-state index contributed by atoms with van der Waals surface area (Å²) in [6.45, 7) is 11.8. The van der Waals surface area contributed by atoms with Gasteiger partial charge in [-0.15, -0.1) is 0 Å². The first-order valence-corrected chi connectivity index (χ1v) is 9.83. The molecule has 2 atom stereocenters. The van der Waals surface area contributed by atoms with E-state index in [0.29, 0.717) is 44.3 Å². The van der Waals surface area contributed by atoms with Crippen molar-refractivity contribution in [3.05, 3.63) is 35.6 Å². The minimum Gasteiger partial charge on any atom is -0.392 e. The Morgan fingerprint density at radius 3 is 2.74 bits per heavy atom. The number of benzene rings is 1. The number of morpholine rings is 1. The van der Waals surface area contributed by atoms with Gasteiger partial charge in [-0.1, -0.05) is 33.8 Å². The molecule has 0 aliphatic carbocycles. The number of aliphatic hydroxyl groups excluding tert-OH is 1. The molecule has 1 aromatic carbocycles. The first kappa shape index (κ1) is 21.8. The molecule has 0 saturated carbocycles. The van der Waals surface area contributed by atoms with Crippen LogP contribution < -0.4 is 0 Å². The summed E-state index contributed by atoms with van der Waals surface area (Å²) in [6, 6.07) is 5.82. The van der Waals surface area contributed by atoms with Crippen LogP contribution in [0.25, 0.3) is 0 Å². The van der Waals surface area contributed by atoms with Crippen LogP contribution in [0.15, 0.2) is 24.3 Å². The van der Waals surface area contributed by atoms with Crippen LogP contribution in [0.2, 0.25) is 0 Å². The van der Waals surface area contributed by atoms with Crippen molar-refractivity contribution in [2.45, 2.75) is 39.9 Å². The van der Waals surface area contributed by atoms with Gasteiger partial charge in [0.2, 0.25) is 0 Å². The minimum absolute atomic E-state index is 0.116. The van der Waals surface area contributed by atoms with Gasteiger partial charge < -0.3 is 14.7 Å². The van der Waals surface area contributed by atoms with Gasteiger partial charge in [0.1, 0.15) is 5.82 Å². The maximum Gasteiger partial charge on any atom is 0.254 e. The number of carbonyl (C=O) groups is 1. The van der Waals surface area contributed by atoms with E-state index in [1.165, 1.54) is 12.1 Å². The largest absolute Gasteiger partial charge is 0.392 e. The molecule has 0 radical (unpaired) electrons. The average molecular weight is 381 g/mol. The van der Waals surface area contributed by atoms with Crippen molar-refractivity contribution in [2.75, 3.05) is 39.3 Å². The third kappa shape index (κ3) is 6.87. The fraction of sp³-hybridized carbons (Fsp3) is 0.667. The second-order valence-electron chi connectivity index (χ2n) is 8.18. The molecule has 1 aliphatic heterocycles. The van der Waals surface area contributed by atoms with E-state index >= 15 is 0 Å². The Kier molecular flexibility index (Phi) is 8.20. The number of halogens is 1. The molecular formula is C21H33FN2O3. The summed E-state index contributed by atoms with van der Waals surface area (Å²) in [5, 5.41) is 10.1. The van der Waals surface area contributed by atoms with Crippen LogP contribution in [-0.2, 0) is 4.74 Å². The topological polar surface area (TPSA) is 53.0 Å². The van der Waals surface area contributed by atoms with Crippen molar-refractivity contribution >= 4 is 5.91 Å². The fourth-order valence-electron chi connectivity index (χ4n) is 3.26. The smallest absolute Gasteiger partial charge is 0.254 e. The Hall–Kier alpha value is -1.50. The van der Waals surface area contributed by atoms with Crippen LogP contribution in [0, 0.1) is 17.7 Å². The van der Waals surface area contributed by atoms with E-state index in [2.05, 4.69) is 18.7 Å². The number of carbonyl (C=O) groups excluding carboxylic acids is 1. The molecule has 0 unspecified atom stereocenters. The van der Waals surface area contributed by atoms with Gasteiger partial charge in [0, 0.05) is 38.3 Å². The third-order valence-corrected chi connectivity index (χ3v) is 4.81. The molecule has 6 heteroatoms. The molecule has 5 nitrogen and oxygen atoms in total. The number of ether oxygens (including phenoxy) is 1. The molecule has 0 bridgehead atoms. The molecule has 1 saturated heterocycles. The lowest BCUT2D eigenvalue weighted by Crippen LogP contribution is -2.51. The molecule has 1 heterocycles. The Bertz CT molecular complexity index is 609. The van der Waals surface area contributed by atoms with Crippen LogP contribution in [-0.4, -0.2) is 72.4 Å². The summed E-state index contributed by atoms with van der Waals surface area (Å²) < 4.78 is 19.4. The van der Waals surface area contributed by atoms with E-state index in [4.69, 9.17) is 4.74 Å². The van der Waals surface area contributed by atoms with Crippen LogP contribution in [0.3, 0.4) is 0 Å². The highest BCUT2D eigenvalue weighted by Gasteiger charge is 2.27. The van der Waals surface area contributed by atoms with Crippen molar-refractivity contribution in [2.24, 2.45) is 11.8 Å². The van der Waals surface area contributed by atoms with E-state index in [0.717, 1.165) is 6.54 Å². The summed E-state index contributed by atoms with van der Waals surface area (Å²) >= 11 is 0. The lowest BCUT2D eigenvalue weighted by atomic mass is 10.1. The lowest BCUT2D eigenvalue weighted by molar-refractivity contribution is -0.0547. The van der Waals surface area contributed by atoms with Gasteiger partial charge >= 0.3 is 0 Å². The van der Waals surface area contributed by atoms with Crippen molar-refractivity contribution in [1.82, 2.24) is 9.80 Å². The first-order valence-electron chi connectivity index (χ1n) is 9.83. The van der Waals surface area contributed by atoms with E-state index in [1.54, 1.807) is 17.0 Å². The standard InChI is InChI=1S/C21H33FN2O3/c1-15(2)11-24(21(26)17-6-5-7-18(22)10-17)13-19-12-23(8-9-27-19)14-20(25)16(3)4/h5-7,10,15-16,19-20,25H,8-9,11-14H2,1-4H3/t19-,20-/m1/s1. The molecule has 1 aromatic rings. The molecule has 0 spiro atoms. The zero-order chi connectivity index (χ0) is 20.0. The minimum atomic E-state index is -0.409. The second kappa shape index (κ2) is 10.2. The van der Waals surface area contributed by atoms with Gasteiger partial charge in [0.25, 0.3) is 5.91 Å². The molecule has 1 amide bonds. The summed E-state index contributed by atoms with van der Waals surface area (Å²) in [5.41, 5.74) is 0.360. The van der Waals surface area contributed by atoms with E-state index in [1.807, 2.05) is 13.8 Å². The predicted octanol–water partition coefficient (Wildman–Crippen LogP) is 2.64. The Morgan fingerprint density at radius 1 is 1.37 bits per heavy atom. The molecular weight excluding hydrogens is 347 g/mol. The molecule has 152 valence electrons. The van der Waals surface area contributed by atoms with Crippen LogP contribution in [0.1, 0.15) is 38.1 Å². The van der Waals surface area contributed by atoms with Gasteiger partial charge in [0.15, 0.2) is 0 Å². The monoisotopic (exact) mass is 380 g/mol. The van der Waals surface area contributed by atoms with Gasteiger partial charge in [-0.2, -0.15) is 0 Å². The van der Waals surface area contributed by atoms with E-state index in [-0.39, 0.29) is 24.0 Å². The van der Waals surface area contributed by atoms with Crippen LogP contribution in [0.4, 0.5) is 4.39 Å².